The SMILES string of the molecule is CC(=O)N1C[C@H](C)N(c2nc(N3CC(N(C)C)C3)nc3c(F)c(-c4c(C)ccc5[nH]nc(C6CC6)c45)c(C(F)(F)F)cc23)C[C@H]1C. The summed E-state index contributed by atoms with van der Waals surface area (Å²) in [5.74, 6) is -0.464. The van der Waals surface area contributed by atoms with Crippen LogP contribution in [0.25, 0.3) is 32.9 Å². The number of halogens is 4. The average molecular weight is 639 g/mol. The number of fused-ring (bicyclic) bond motifs is 2. The van der Waals surface area contributed by atoms with E-state index in [9.17, 15) is 4.79 Å². The van der Waals surface area contributed by atoms with Crippen LogP contribution in [0.4, 0.5) is 29.3 Å². The molecule has 3 fully saturated rings. The molecule has 9 nitrogen and oxygen atoms in total. The molecule has 13 heteroatoms. The summed E-state index contributed by atoms with van der Waals surface area (Å²) in [5.41, 5.74) is 0.210. The first-order valence-corrected chi connectivity index (χ1v) is 15.8. The van der Waals surface area contributed by atoms with E-state index in [1.165, 1.54) is 6.92 Å². The number of H-pyrrole nitrogens is 1. The fourth-order valence-corrected chi connectivity index (χ4v) is 7.05. The molecule has 0 spiro atoms. The van der Waals surface area contributed by atoms with Gasteiger partial charge in [0.1, 0.15) is 11.3 Å². The molecular weight excluding hydrogens is 600 g/mol. The van der Waals surface area contributed by atoms with Crippen LogP contribution in [0.15, 0.2) is 18.2 Å². The molecule has 46 heavy (non-hydrogen) atoms. The fourth-order valence-electron chi connectivity index (χ4n) is 7.05. The zero-order valence-electron chi connectivity index (χ0n) is 26.8. The van der Waals surface area contributed by atoms with Gasteiger partial charge in [-0.05, 0) is 71.0 Å². The van der Waals surface area contributed by atoms with Crippen LogP contribution in [-0.4, -0.2) is 94.3 Å². The lowest BCUT2D eigenvalue weighted by atomic mass is 9.89. The van der Waals surface area contributed by atoms with E-state index in [4.69, 9.17) is 4.98 Å². The van der Waals surface area contributed by atoms with Crippen molar-refractivity contribution in [2.75, 3.05) is 50.1 Å². The zero-order chi connectivity index (χ0) is 32.8. The normalized spacial score (nSPS) is 21.2. The highest BCUT2D eigenvalue weighted by Gasteiger charge is 2.41. The van der Waals surface area contributed by atoms with Gasteiger partial charge in [-0.25, -0.2) is 9.37 Å². The van der Waals surface area contributed by atoms with Gasteiger partial charge in [-0.15, -0.1) is 0 Å². The summed E-state index contributed by atoms with van der Waals surface area (Å²) in [6, 6.07) is 4.25. The number of nitrogens with zero attached hydrogens (tertiary/aromatic N) is 7. The maximum Gasteiger partial charge on any atom is 0.417 e. The molecule has 7 rings (SSSR count). The number of hydrogen-bond acceptors (Lipinski definition) is 7. The molecule has 2 aromatic heterocycles. The topological polar surface area (TPSA) is 84.5 Å². The minimum Gasteiger partial charge on any atom is -0.349 e. The number of hydrogen-bond donors (Lipinski definition) is 1. The number of nitrogens with one attached hydrogen (secondary N) is 1. The molecule has 0 radical (unpaired) electrons. The minimum absolute atomic E-state index is 0.00299. The predicted molar refractivity (Wildman–Crippen MR) is 170 cm³/mol. The highest BCUT2D eigenvalue weighted by atomic mass is 19.4. The van der Waals surface area contributed by atoms with Crippen LogP contribution in [0, 0.1) is 12.7 Å². The number of alkyl halides is 3. The van der Waals surface area contributed by atoms with Crippen molar-refractivity contribution >= 4 is 39.5 Å². The van der Waals surface area contributed by atoms with Crippen molar-refractivity contribution in [3.8, 4) is 11.1 Å². The van der Waals surface area contributed by atoms with Crippen molar-refractivity contribution in [3.63, 3.8) is 0 Å². The Kier molecular flexibility index (Phi) is 7.18. The predicted octanol–water partition coefficient (Wildman–Crippen LogP) is 5.71. The molecule has 1 amide bonds. The van der Waals surface area contributed by atoms with E-state index in [1.807, 2.05) is 37.7 Å². The van der Waals surface area contributed by atoms with Crippen molar-refractivity contribution in [1.29, 1.82) is 0 Å². The molecule has 2 aliphatic heterocycles. The van der Waals surface area contributed by atoms with E-state index in [0.29, 0.717) is 48.3 Å². The Morgan fingerprint density at radius 3 is 2.37 bits per heavy atom. The molecule has 1 saturated carbocycles. The van der Waals surface area contributed by atoms with Crippen molar-refractivity contribution in [1.82, 2.24) is 30.0 Å². The third kappa shape index (κ3) is 4.94. The smallest absolute Gasteiger partial charge is 0.349 e. The lowest BCUT2D eigenvalue weighted by Gasteiger charge is -2.45. The van der Waals surface area contributed by atoms with Gasteiger partial charge in [0.05, 0.1) is 16.8 Å². The number of rotatable bonds is 5. The first kappa shape index (κ1) is 30.6. The molecule has 4 aromatic rings. The molecule has 2 saturated heterocycles. The van der Waals surface area contributed by atoms with Gasteiger partial charge >= 0.3 is 6.18 Å². The van der Waals surface area contributed by atoms with Crippen molar-refractivity contribution in [2.45, 2.75) is 70.8 Å². The first-order valence-electron chi connectivity index (χ1n) is 15.8. The van der Waals surface area contributed by atoms with Gasteiger partial charge in [-0.3, -0.25) is 9.89 Å². The monoisotopic (exact) mass is 638 g/mol. The highest BCUT2D eigenvalue weighted by Crippen LogP contribution is 2.49. The van der Waals surface area contributed by atoms with Gasteiger partial charge in [0.25, 0.3) is 0 Å². The second kappa shape index (κ2) is 10.8. The molecule has 0 bridgehead atoms. The zero-order valence-corrected chi connectivity index (χ0v) is 26.8. The van der Waals surface area contributed by atoms with Crippen LogP contribution in [0.1, 0.15) is 56.4 Å². The van der Waals surface area contributed by atoms with E-state index in [-0.39, 0.29) is 58.2 Å². The first-order chi connectivity index (χ1) is 21.7. The summed E-state index contributed by atoms with van der Waals surface area (Å²) in [4.78, 5) is 29.5. The molecule has 2 atom stereocenters. The highest BCUT2D eigenvalue weighted by molar-refractivity contribution is 6.03. The number of likely N-dealkylation sites (N-methyl/N-ethyl adjacent to an activating group) is 1. The lowest BCUT2D eigenvalue weighted by molar-refractivity contribution is -0.137. The van der Waals surface area contributed by atoms with Gasteiger partial charge in [0.15, 0.2) is 5.82 Å². The molecule has 4 heterocycles. The Morgan fingerprint density at radius 2 is 1.74 bits per heavy atom. The largest absolute Gasteiger partial charge is 0.417 e. The lowest BCUT2D eigenvalue weighted by Crippen LogP contribution is -2.59. The molecule has 2 aromatic carbocycles. The van der Waals surface area contributed by atoms with Gasteiger partial charge in [-0.2, -0.15) is 23.3 Å². The van der Waals surface area contributed by atoms with Gasteiger partial charge in [0, 0.05) is 73.5 Å². The molecular formula is C33H38F4N8O. The summed E-state index contributed by atoms with van der Waals surface area (Å²) >= 11 is 0. The van der Waals surface area contributed by atoms with E-state index in [0.717, 1.165) is 18.9 Å². The number of benzene rings is 2. The summed E-state index contributed by atoms with van der Waals surface area (Å²) in [6.07, 6.45) is -3.10. The minimum atomic E-state index is -4.87. The molecule has 1 N–H and O–H groups in total. The quantitative estimate of drug-likeness (QED) is 0.281. The third-order valence-corrected chi connectivity index (χ3v) is 9.92. The number of anilines is 2. The van der Waals surface area contributed by atoms with E-state index < -0.39 is 23.1 Å². The summed E-state index contributed by atoms with van der Waals surface area (Å²) < 4.78 is 62.6. The van der Waals surface area contributed by atoms with E-state index in [1.54, 1.807) is 24.0 Å². The number of carbonyl (C=O) groups excluding carboxylic acids is 1. The third-order valence-electron chi connectivity index (χ3n) is 9.92. The maximum absolute atomic E-state index is 17.2. The number of carbonyl (C=O) groups is 1. The molecule has 244 valence electrons. The number of aryl methyl sites for hydroxylation is 1. The van der Waals surface area contributed by atoms with Crippen LogP contribution < -0.4 is 9.80 Å². The molecule has 1 aliphatic carbocycles. The number of aromatic amines is 1. The fraction of sp³-hybridized carbons (Fsp3) is 0.515. The molecule has 0 unspecified atom stereocenters. The Bertz CT molecular complexity index is 1860. The second-order valence-electron chi connectivity index (χ2n) is 13.5. The Labute approximate surface area is 264 Å². The van der Waals surface area contributed by atoms with Gasteiger partial charge in [0.2, 0.25) is 11.9 Å². The van der Waals surface area contributed by atoms with Gasteiger partial charge in [-0.1, -0.05) is 6.07 Å². The van der Waals surface area contributed by atoms with E-state index in [2.05, 4.69) is 20.1 Å². The van der Waals surface area contributed by atoms with Crippen molar-refractivity contribution < 1.29 is 22.4 Å². The standard InChI is InChI=1S/C33H38F4N8O/c1-16-7-10-24-27(29(41-40-24)20-8-9-20)25(16)26-23(33(35,36)37)11-22-30(28(26)34)38-32(43-14-21(15-43)42(5)6)39-31(22)45-13-17(2)44(19(4)46)12-18(45)3/h7,10-11,17-18,20-21H,8-9,12-15H2,1-6H3,(H,40,41)/t17-,18+/m1/s1. The number of amides is 1. The summed E-state index contributed by atoms with van der Waals surface area (Å²) in [6.45, 7) is 8.92. The van der Waals surface area contributed by atoms with E-state index >= 15 is 17.6 Å². The van der Waals surface area contributed by atoms with Crippen molar-refractivity contribution in [2.24, 2.45) is 0 Å². The summed E-state index contributed by atoms with van der Waals surface area (Å²) in [7, 11) is 3.96. The number of piperazine rings is 1. The van der Waals surface area contributed by atoms with Crippen LogP contribution in [0.5, 0.6) is 0 Å². The summed E-state index contributed by atoms with van der Waals surface area (Å²) in [5, 5.41) is 7.94. The maximum atomic E-state index is 17.2. The van der Waals surface area contributed by atoms with Crippen molar-refractivity contribution in [3.05, 3.63) is 40.8 Å². The van der Waals surface area contributed by atoms with Crippen LogP contribution in [0.2, 0.25) is 0 Å². The Balaban J connectivity index is 1.50. The average Bonchev–Trinajstić information content (AvgIpc) is 3.71. The van der Waals surface area contributed by atoms with Crippen LogP contribution in [0.3, 0.4) is 0 Å². The van der Waals surface area contributed by atoms with Crippen LogP contribution in [-0.2, 0) is 11.0 Å². The Morgan fingerprint density at radius 1 is 1.02 bits per heavy atom. The van der Waals surface area contributed by atoms with Gasteiger partial charge < -0.3 is 19.6 Å². The number of aromatic nitrogens is 4. The second-order valence-corrected chi connectivity index (χ2v) is 13.5. The van der Waals surface area contributed by atoms with Crippen LogP contribution >= 0.6 is 0 Å². The molecule has 3 aliphatic rings. The Hall–Kier alpha value is -4.00.